The molecule has 0 bridgehead atoms. The first-order valence-electron chi connectivity index (χ1n) is 6.39. The van der Waals surface area contributed by atoms with E-state index in [0.717, 1.165) is 4.47 Å². The number of ketones is 1. The fraction of sp³-hybridized carbons (Fsp3) is 0.500. The number of alkyl halides is 3. The molecule has 0 radical (unpaired) electrons. The zero-order valence-electron chi connectivity index (χ0n) is 11.7. The number of hydrogen-bond donors (Lipinski definition) is 0. The Morgan fingerprint density at radius 2 is 2.00 bits per heavy atom. The van der Waals surface area contributed by atoms with Crippen molar-refractivity contribution in [2.75, 3.05) is 13.1 Å². The predicted molar refractivity (Wildman–Crippen MR) is 80.9 cm³/mol. The van der Waals surface area contributed by atoms with Gasteiger partial charge in [-0.1, -0.05) is 27.5 Å². The van der Waals surface area contributed by atoms with Gasteiger partial charge in [-0.2, -0.15) is 13.2 Å². The lowest BCUT2D eigenvalue weighted by Crippen LogP contribution is -2.40. The van der Waals surface area contributed by atoms with Crippen LogP contribution in [0.25, 0.3) is 0 Å². The molecule has 0 heterocycles. The summed E-state index contributed by atoms with van der Waals surface area (Å²) < 4.78 is 38.1. The topological polar surface area (TPSA) is 20.3 Å². The smallest absolute Gasteiger partial charge is 0.294 e. The lowest BCUT2D eigenvalue weighted by molar-refractivity contribution is -0.149. The molecule has 0 aliphatic carbocycles. The summed E-state index contributed by atoms with van der Waals surface area (Å²) >= 11 is 9.19. The normalized spacial score (nSPS) is 12.2. The second kappa shape index (κ2) is 7.61. The Morgan fingerprint density at radius 3 is 2.48 bits per heavy atom. The maximum Gasteiger partial charge on any atom is 0.401 e. The number of nitrogens with zero attached hydrogens (tertiary/aromatic N) is 1. The number of Topliss-reactive ketones (excluding diaryl/α,β-unsaturated/α-hetero) is 1. The molecule has 0 spiro atoms. The first-order valence-corrected chi connectivity index (χ1v) is 7.56. The van der Waals surface area contributed by atoms with E-state index in [1.807, 2.05) is 0 Å². The molecule has 21 heavy (non-hydrogen) atoms. The predicted octanol–water partition coefficient (Wildman–Crippen LogP) is 4.95. The van der Waals surface area contributed by atoms with Gasteiger partial charge in [0.25, 0.3) is 0 Å². The van der Waals surface area contributed by atoms with Crippen LogP contribution in [0, 0.1) is 0 Å². The van der Waals surface area contributed by atoms with E-state index in [9.17, 15) is 18.0 Å². The summed E-state index contributed by atoms with van der Waals surface area (Å²) in [5.74, 6) is -0.264. The Balaban J connectivity index is 2.69. The standard InChI is InChI=1S/C14H16BrClF3NO/c1-9(2)20(8-14(17,18)19)6-5-13(21)11-4-3-10(15)7-12(11)16/h3-4,7,9H,5-6,8H2,1-2H3. The minimum atomic E-state index is -4.28. The molecule has 0 saturated heterocycles. The zero-order chi connectivity index (χ0) is 16.2. The largest absolute Gasteiger partial charge is 0.401 e. The van der Waals surface area contributed by atoms with E-state index in [4.69, 9.17) is 11.6 Å². The third-order valence-electron chi connectivity index (χ3n) is 2.97. The van der Waals surface area contributed by atoms with Gasteiger partial charge in [-0.25, -0.2) is 0 Å². The summed E-state index contributed by atoms with van der Waals surface area (Å²) in [5.41, 5.74) is 0.329. The number of hydrogen-bond acceptors (Lipinski definition) is 2. The van der Waals surface area contributed by atoms with Crippen molar-refractivity contribution < 1.29 is 18.0 Å². The molecule has 0 amide bonds. The highest BCUT2D eigenvalue weighted by Crippen LogP contribution is 2.23. The molecule has 0 atom stereocenters. The number of carbonyl (C=O) groups excluding carboxylic acids is 1. The van der Waals surface area contributed by atoms with Crippen LogP contribution in [0.3, 0.4) is 0 Å². The van der Waals surface area contributed by atoms with E-state index in [1.165, 1.54) is 4.90 Å². The van der Waals surface area contributed by atoms with Crippen LogP contribution in [0.2, 0.25) is 5.02 Å². The van der Waals surface area contributed by atoms with Crippen LogP contribution in [0.5, 0.6) is 0 Å². The molecule has 0 fully saturated rings. The van der Waals surface area contributed by atoms with Gasteiger partial charge in [0.1, 0.15) is 0 Å². The molecular formula is C14H16BrClF3NO. The van der Waals surface area contributed by atoms with Crippen LogP contribution in [-0.2, 0) is 0 Å². The third-order valence-corrected chi connectivity index (χ3v) is 3.78. The lowest BCUT2D eigenvalue weighted by atomic mass is 10.1. The summed E-state index contributed by atoms with van der Waals surface area (Å²) in [6.45, 7) is 2.36. The number of carbonyl (C=O) groups is 1. The van der Waals surface area contributed by atoms with Gasteiger partial charge >= 0.3 is 6.18 Å². The monoisotopic (exact) mass is 385 g/mol. The number of rotatable bonds is 6. The first kappa shape index (κ1) is 18.5. The van der Waals surface area contributed by atoms with Crippen LogP contribution in [0.15, 0.2) is 22.7 Å². The molecule has 0 saturated carbocycles. The van der Waals surface area contributed by atoms with Crippen molar-refractivity contribution >= 4 is 33.3 Å². The first-order chi connectivity index (χ1) is 9.60. The molecule has 0 aliphatic rings. The zero-order valence-corrected chi connectivity index (χ0v) is 14.0. The van der Waals surface area contributed by atoms with Crippen molar-refractivity contribution in [1.82, 2.24) is 4.90 Å². The van der Waals surface area contributed by atoms with Gasteiger partial charge in [0.2, 0.25) is 0 Å². The number of halogens is 5. The highest BCUT2D eigenvalue weighted by atomic mass is 79.9. The van der Waals surface area contributed by atoms with E-state index in [2.05, 4.69) is 15.9 Å². The van der Waals surface area contributed by atoms with Crippen molar-refractivity contribution in [2.24, 2.45) is 0 Å². The molecule has 0 unspecified atom stereocenters. The van der Waals surface area contributed by atoms with Crippen LogP contribution in [-0.4, -0.2) is 36.0 Å². The van der Waals surface area contributed by atoms with Crippen molar-refractivity contribution in [1.29, 1.82) is 0 Å². The van der Waals surface area contributed by atoms with E-state index >= 15 is 0 Å². The average Bonchev–Trinajstić information content (AvgIpc) is 2.32. The van der Waals surface area contributed by atoms with Crippen LogP contribution in [0.1, 0.15) is 30.6 Å². The minimum Gasteiger partial charge on any atom is -0.294 e. The van der Waals surface area contributed by atoms with Gasteiger partial charge in [-0.15, -0.1) is 0 Å². The fourth-order valence-corrected chi connectivity index (χ4v) is 2.62. The highest BCUT2D eigenvalue weighted by molar-refractivity contribution is 9.10. The van der Waals surface area contributed by atoms with Crippen molar-refractivity contribution in [3.8, 4) is 0 Å². The minimum absolute atomic E-state index is 0.00435. The van der Waals surface area contributed by atoms with Crippen LogP contribution < -0.4 is 0 Å². The Morgan fingerprint density at radius 1 is 1.38 bits per heavy atom. The lowest BCUT2D eigenvalue weighted by Gasteiger charge is -2.27. The van der Waals surface area contributed by atoms with Gasteiger partial charge in [0.15, 0.2) is 5.78 Å². The second-order valence-corrected chi connectivity index (χ2v) is 6.30. The van der Waals surface area contributed by atoms with Gasteiger partial charge in [0, 0.05) is 29.0 Å². The van der Waals surface area contributed by atoms with Gasteiger partial charge in [0.05, 0.1) is 11.6 Å². The molecule has 1 aromatic rings. The summed E-state index contributed by atoms with van der Waals surface area (Å²) in [6, 6.07) is 4.54. The Labute approximate surface area is 135 Å². The summed E-state index contributed by atoms with van der Waals surface area (Å²) in [5, 5.41) is 0.293. The van der Waals surface area contributed by atoms with Crippen LogP contribution >= 0.6 is 27.5 Å². The summed E-state index contributed by atoms with van der Waals surface area (Å²) in [4.78, 5) is 13.3. The molecule has 1 rings (SSSR count). The van der Waals surface area contributed by atoms with E-state index in [1.54, 1.807) is 32.0 Å². The fourth-order valence-electron chi connectivity index (χ4n) is 1.85. The van der Waals surface area contributed by atoms with Gasteiger partial charge in [-0.05, 0) is 32.0 Å². The molecule has 0 aliphatic heterocycles. The maximum atomic E-state index is 12.5. The Kier molecular flexibility index (Phi) is 6.69. The number of benzene rings is 1. The van der Waals surface area contributed by atoms with E-state index in [-0.39, 0.29) is 24.8 Å². The molecular weight excluding hydrogens is 371 g/mol. The molecule has 0 aromatic heterocycles. The van der Waals surface area contributed by atoms with Crippen molar-refractivity contribution in [2.45, 2.75) is 32.5 Å². The van der Waals surface area contributed by atoms with Crippen LogP contribution in [0.4, 0.5) is 13.2 Å². The summed E-state index contributed by atoms with van der Waals surface area (Å²) in [7, 11) is 0. The maximum absolute atomic E-state index is 12.5. The Bertz CT molecular complexity index is 505. The van der Waals surface area contributed by atoms with Crippen molar-refractivity contribution in [3.05, 3.63) is 33.3 Å². The van der Waals surface area contributed by atoms with E-state index < -0.39 is 12.7 Å². The Hall–Kier alpha value is -0.590. The molecule has 118 valence electrons. The summed E-state index contributed by atoms with van der Waals surface area (Å²) in [6.07, 6.45) is -4.28. The average molecular weight is 387 g/mol. The van der Waals surface area contributed by atoms with Crippen molar-refractivity contribution in [3.63, 3.8) is 0 Å². The third kappa shape index (κ3) is 6.36. The van der Waals surface area contributed by atoms with E-state index in [0.29, 0.717) is 10.6 Å². The molecule has 7 heteroatoms. The quantitative estimate of drug-likeness (QED) is 0.645. The SMILES string of the molecule is CC(C)N(CCC(=O)c1ccc(Br)cc1Cl)CC(F)(F)F. The molecule has 1 aromatic carbocycles. The highest BCUT2D eigenvalue weighted by Gasteiger charge is 2.31. The second-order valence-electron chi connectivity index (χ2n) is 4.98. The van der Waals surface area contributed by atoms with Gasteiger partial charge in [-0.3, -0.25) is 9.69 Å². The van der Waals surface area contributed by atoms with Gasteiger partial charge < -0.3 is 0 Å². The molecule has 2 nitrogen and oxygen atoms in total. The molecule has 0 N–H and O–H groups in total.